The summed E-state index contributed by atoms with van der Waals surface area (Å²) in [7, 11) is 1.66. The van der Waals surface area contributed by atoms with Crippen LogP contribution in [0.1, 0.15) is 16.7 Å². The van der Waals surface area contributed by atoms with Crippen LogP contribution in [-0.4, -0.2) is 34.7 Å². The van der Waals surface area contributed by atoms with Crippen LogP contribution in [-0.2, 0) is 17.8 Å². The van der Waals surface area contributed by atoms with E-state index in [1.165, 1.54) is 5.56 Å². The average Bonchev–Trinajstić information content (AvgIpc) is 3.25. The van der Waals surface area contributed by atoms with Crippen LogP contribution in [0.3, 0.4) is 0 Å². The minimum absolute atomic E-state index is 0.669. The fourth-order valence-corrected chi connectivity index (χ4v) is 4.17. The Labute approximate surface area is 190 Å². The SMILES string of the molecule is COc1ccc(CCN(Cc2ccc(C#CC(=O)O)cc2)c2nc3cccnc3s2)cc1. The van der Waals surface area contributed by atoms with Gasteiger partial charge in [0.25, 0.3) is 0 Å². The Kier molecular flexibility index (Phi) is 6.63. The third kappa shape index (κ3) is 5.42. The van der Waals surface area contributed by atoms with E-state index in [1.54, 1.807) is 24.6 Å². The Balaban J connectivity index is 1.55. The molecule has 0 aliphatic heterocycles. The van der Waals surface area contributed by atoms with Crippen LogP contribution in [0, 0.1) is 11.8 Å². The lowest BCUT2D eigenvalue weighted by Gasteiger charge is -2.22. The molecule has 7 heteroatoms. The highest BCUT2D eigenvalue weighted by Crippen LogP contribution is 2.28. The molecule has 6 nitrogen and oxygen atoms in total. The van der Waals surface area contributed by atoms with Crippen LogP contribution in [0.25, 0.3) is 10.3 Å². The number of carbonyl (C=O) groups is 1. The minimum Gasteiger partial charge on any atom is -0.497 e. The summed E-state index contributed by atoms with van der Waals surface area (Å²) in [6.07, 6.45) is 2.64. The molecule has 32 heavy (non-hydrogen) atoms. The van der Waals surface area contributed by atoms with Crippen molar-refractivity contribution in [3.63, 3.8) is 0 Å². The summed E-state index contributed by atoms with van der Waals surface area (Å²) >= 11 is 1.58. The molecule has 0 saturated heterocycles. The minimum atomic E-state index is -1.14. The lowest BCUT2D eigenvalue weighted by molar-refractivity contribution is -0.130. The monoisotopic (exact) mass is 443 g/mol. The number of rotatable bonds is 7. The predicted octanol–water partition coefficient (Wildman–Crippen LogP) is 4.39. The van der Waals surface area contributed by atoms with Gasteiger partial charge in [-0.2, -0.15) is 0 Å². The Hall–Kier alpha value is -3.89. The number of nitrogens with zero attached hydrogens (tertiary/aromatic N) is 3. The van der Waals surface area contributed by atoms with Crippen molar-refractivity contribution in [3.8, 4) is 17.6 Å². The van der Waals surface area contributed by atoms with Crippen LogP contribution >= 0.6 is 11.3 Å². The number of methoxy groups -OCH3 is 1. The molecule has 0 unspecified atom stereocenters. The molecule has 2 aromatic carbocycles. The molecular weight excluding hydrogens is 422 g/mol. The number of carboxylic acids is 1. The maximum Gasteiger partial charge on any atom is 0.382 e. The van der Waals surface area contributed by atoms with Crippen molar-refractivity contribution >= 4 is 32.8 Å². The Morgan fingerprint density at radius 3 is 2.53 bits per heavy atom. The zero-order chi connectivity index (χ0) is 22.3. The Bertz CT molecular complexity index is 1240. The van der Waals surface area contributed by atoms with Gasteiger partial charge in [-0.1, -0.05) is 41.5 Å². The van der Waals surface area contributed by atoms with Gasteiger partial charge in [-0.05, 0) is 53.9 Å². The van der Waals surface area contributed by atoms with Gasteiger partial charge >= 0.3 is 5.97 Å². The fourth-order valence-electron chi connectivity index (χ4n) is 3.23. The zero-order valence-electron chi connectivity index (χ0n) is 17.5. The molecule has 0 aliphatic carbocycles. The first-order chi connectivity index (χ1) is 15.6. The van der Waals surface area contributed by atoms with Gasteiger partial charge < -0.3 is 14.7 Å². The first-order valence-electron chi connectivity index (χ1n) is 10.0. The summed E-state index contributed by atoms with van der Waals surface area (Å²) in [5.41, 5.74) is 3.87. The van der Waals surface area contributed by atoms with E-state index in [0.717, 1.165) is 39.8 Å². The third-order valence-corrected chi connectivity index (χ3v) is 5.94. The second-order valence-electron chi connectivity index (χ2n) is 7.10. The van der Waals surface area contributed by atoms with Crippen LogP contribution < -0.4 is 9.64 Å². The van der Waals surface area contributed by atoms with Gasteiger partial charge in [-0.15, -0.1) is 0 Å². The molecule has 4 aromatic rings. The van der Waals surface area contributed by atoms with Gasteiger partial charge in [-0.25, -0.2) is 14.8 Å². The summed E-state index contributed by atoms with van der Waals surface area (Å²) in [5.74, 6) is 4.49. The zero-order valence-corrected chi connectivity index (χ0v) is 18.3. The lowest BCUT2D eigenvalue weighted by atomic mass is 10.1. The van der Waals surface area contributed by atoms with Crippen LogP contribution in [0.15, 0.2) is 66.9 Å². The van der Waals surface area contributed by atoms with Crippen molar-refractivity contribution in [2.45, 2.75) is 13.0 Å². The van der Waals surface area contributed by atoms with Crippen LogP contribution in [0.2, 0.25) is 0 Å². The van der Waals surface area contributed by atoms with E-state index in [-0.39, 0.29) is 0 Å². The molecule has 0 aliphatic rings. The van der Waals surface area contributed by atoms with E-state index < -0.39 is 5.97 Å². The van der Waals surface area contributed by atoms with E-state index in [0.29, 0.717) is 12.1 Å². The molecule has 160 valence electrons. The van der Waals surface area contributed by atoms with Gasteiger partial charge in [0.1, 0.15) is 16.1 Å². The fraction of sp³-hybridized carbons (Fsp3) is 0.160. The number of hydrogen-bond acceptors (Lipinski definition) is 6. The molecule has 0 radical (unpaired) electrons. The Morgan fingerprint density at radius 2 is 1.84 bits per heavy atom. The highest BCUT2D eigenvalue weighted by Gasteiger charge is 2.14. The van der Waals surface area contributed by atoms with Gasteiger partial charge in [0, 0.05) is 30.8 Å². The predicted molar refractivity (Wildman–Crippen MR) is 126 cm³/mol. The summed E-state index contributed by atoms with van der Waals surface area (Å²) in [6, 6.07) is 19.6. The molecule has 4 rings (SSSR count). The molecule has 2 aromatic heterocycles. The van der Waals surface area contributed by atoms with Gasteiger partial charge in [0.15, 0.2) is 5.13 Å². The highest BCUT2D eigenvalue weighted by atomic mass is 32.1. The maximum absolute atomic E-state index is 10.6. The van der Waals surface area contributed by atoms with Crippen molar-refractivity contribution in [2.75, 3.05) is 18.6 Å². The van der Waals surface area contributed by atoms with Gasteiger partial charge in [-0.3, -0.25) is 0 Å². The number of ether oxygens (including phenoxy) is 1. The summed E-state index contributed by atoms with van der Waals surface area (Å²) in [4.78, 5) is 23.0. The summed E-state index contributed by atoms with van der Waals surface area (Å²) in [6.45, 7) is 1.45. The second-order valence-corrected chi connectivity index (χ2v) is 8.05. The molecular formula is C25H21N3O3S. The lowest BCUT2D eigenvalue weighted by Crippen LogP contribution is -2.25. The summed E-state index contributed by atoms with van der Waals surface area (Å²) in [5, 5.41) is 9.64. The van der Waals surface area contributed by atoms with Crippen molar-refractivity contribution in [2.24, 2.45) is 0 Å². The molecule has 0 bridgehead atoms. The number of aliphatic carboxylic acids is 1. The molecule has 0 spiro atoms. The van der Waals surface area contributed by atoms with E-state index >= 15 is 0 Å². The highest BCUT2D eigenvalue weighted by molar-refractivity contribution is 7.21. The molecule has 1 N–H and O–H groups in total. The smallest absolute Gasteiger partial charge is 0.382 e. The first kappa shape index (κ1) is 21.3. The van der Waals surface area contributed by atoms with Crippen molar-refractivity contribution < 1.29 is 14.6 Å². The van der Waals surface area contributed by atoms with Crippen LogP contribution in [0.5, 0.6) is 5.75 Å². The maximum atomic E-state index is 10.6. The van der Waals surface area contributed by atoms with Crippen molar-refractivity contribution in [1.29, 1.82) is 0 Å². The topological polar surface area (TPSA) is 75.5 Å². The molecule has 0 saturated carbocycles. The van der Waals surface area contributed by atoms with Crippen molar-refractivity contribution in [3.05, 3.63) is 83.6 Å². The number of carboxylic acid groups (broad SMARTS) is 1. The molecule has 0 atom stereocenters. The van der Waals surface area contributed by atoms with E-state index in [2.05, 4.69) is 33.9 Å². The molecule has 2 heterocycles. The number of aromatic nitrogens is 2. The average molecular weight is 444 g/mol. The number of fused-ring (bicyclic) bond motifs is 1. The van der Waals surface area contributed by atoms with Crippen LogP contribution in [0.4, 0.5) is 5.13 Å². The standard InChI is InChI=1S/C25H21N3O3S/c1-31-21-11-8-19(9-12-21)14-16-28(25-27-22-3-2-15-26-24(22)32-25)17-20-6-4-18(5-7-20)10-13-23(29)30/h2-9,11-12,15H,14,16-17H2,1H3,(H,29,30). The summed E-state index contributed by atoms with van der Waals surface area (Å²) < 4.78 is 5.25. The van der Waals surface area contributed by atoms with Crippen molar-refractivity contribution in [1.82, 2.24) is 9.97 Å². The Morgan fingerprint density at radius 1 is 1.09 bits per heavy atom. The van der Waals surface area contributed by atoms with Gasteiger partial charge in [0.2, 0.25) is 0 Å². The van der Waals surface area contributed by atoms with Gasteiger partial charge in [0.05, 0.1) is 7.11 Å². The van der Waals surface area contributed by atoms with E-state index in [1.807, 2.05) is 48.5 Å². The third-order valence-electron chi connectivity index (χ3n) is 4.90. The number of thiazole rings is 1. The molecule has 0 amide bonds. The number of benzene rings is 2. The van der Waals surface area contributed by atoms with E-state index in [4.69, 9.17) is 14.8 Å². The number of pyridine rings is 1. The normalized spacial score (nSPS) is 10.4. The quantitative estimate of drug-likeness (QED) is 0.427. The number of hydrogen-bond donors (Lipinski definition) is 1. The second kappa shape index (κ2) is 9.94. The first-order valence-corrected chi connectivity index (χ1v) is 10.9. The largest absolute Gasteiger partial charge is 0.497 e. The van der Waals surface area contributed by atoms with E-state index in [9.17, 15) is 4.79 Å². The molecule has 0 fully saturated rings. The number of anilines is 1.